The van der Waals surface area contributed by atoms with Crippen LogP contribution in [0.3, 0.4) is 0 Å². The number of halogens is 1. The van der Waals surface area contributed by atoms with E-state index in [1.165, 1.54) is 12.1 Å². The number of amidine groups is 1. The highest BCUT2D eigenvalue weighted by Crippen LogP contribution is 2.21. The van der Waals surface area contributed by atoms with E-state index in [0.717, 1.165) is 11.3 Å². The van der Waals surface area contributed by atoms with Gasteiger partial charge in [-0.05, 0) is 37.1 Å². The number of nitrogens with two attached hydrogens (primary N) is 1. The molecule has 4 N–H and O–H groups in total. The Hall–Kier alpha value is -1.78. The summed E-state index contributed by atoms with van der Waals surface area (Å²) in [5.74, 6) is -0.0621. The van der Waals surface area contributed by atoms with E-state index in [2.05, 4.69) is 10.5 Å². The summed E-state index contributed by atoms with van der Waals surface area (Å²) in [6.45, 7) is 6.24. The molecule has 0 fully saturated rings. The highest BCUT2D eigenvalue weighted by Gasteiger charge is 2.22. The molecular formula is C13H20FN3O. The molecular weight excluding hydrogens is 233 g/mol. The topological polar surface area (TPSA) is 70.6 Å². The molecule has 0 heterocycles. The second-order valence-electron chi connectivity index (χ2n) is 5.06. The molecule has 0 aliphatic carbocycles. The first-order valence-electron chi connectivity index (χ1n) is 5.84. The van der Waals surface area contributed by atoms with E-state index in [1.807, 2.05) is 26.8 Å². The molecule has 4 nitrogen and oxygen atoms in total. The first kappa shape index (κ1) is 14.3. The third-order valence-electron chi connectivity index (χ3n) is 2.92. The van der Waals surface area contributed by atoms with Crippen LogP contribution in [0.4, 0.5) is 10.1 Å². The van der Waals surface area contributed by atoms with Gasteiger partial charge >= 0.3 is 0 Å². The van der Waals surface area contributed by atoms with Crippen molar-refractivity contribution >= 4 is 11.5 Å². The molecule has 1 aromatic carbocycles. The smallest absolute Gasteiger partial charge is 0.144 e. The number of benzene rings is 1. The van der Waals surface area contributed by atoms with Crippen LogP contribution in [0, 0.1) is 18.2 Å². The molecule has 0 spiro atoms. The summed E-state index contributed by atoms with van der Waals surface area (Å²) in [7, 11) is 0. The summed E-state index contributed by atoms with van der Waals surface area (Å²) in [5.41, 5.74) is 6.80. The maximum absolute atomic E-state index is 13.2. The number of hydrogen-bond donors (Lipinski definition) is 3. The monoisotopic (exact) mass is 253 g/mol. The van der Waals surface area contributed by atoms with Gasteiger partial charge in [-0.1, -0.05) is 19.0 Å². The van der Waals surface area contributed by atoms with Crippen molar-refractivity contribution in [2.75, 3.05) is 11.9 Å². The molecule has 1 aromatic rings. The average Bonchev–Trinajstić information content (AvgIpc) is 2.26. The van der Waals surface area contributed by atoms with Crippen LogP contribution >= 0.6 is 0 Å². The Morgan fingerprint density at radius 2 is 2.11 bits per heavy atom. The minimum absolute atomic E-state index is 0.194. The van der Waals surface area contributed by atoms with Gasteiger partial charge in [0.15, 0.2) is 0 Å². The quantitative estimate of drug-likeness (QED) is 0.327. The lowest BCUT2D eigenvalue weighted by molar-refractivity contribution is 0.306. The minimum Gasteiger partial charge on any atom is -0.409 e. The number of hydrogen-bond acceptors (Lipinski definition) is 3. The van der Waals surface area contributed by atoms with E-state index < -0.39 is 5.41 Å². The fraction of sp³-hybridized carbons (Fsp3) is 0.462. The second-order valence-corrected chi connectivity index (χ2v) is 5.06. The van der Waals surface area contributed by atoms with Crippen molar-refractivity contribution in [1.82, 2.24) is 0 Å². The molecule has 0 unspecified atom stereocenters. The molecule has 0 amide bonds. The van der Waals surface area contributed by atoms with E-state index in [9.17, 15) is 4.39 Å². The molecule has 0 saturated heterocycles. The Morgan fingerprint density at radius 3 is 2.67 bits per heavy atom. The standard InChI is InChI=1S/C13H20FN3O/c1-9-6-10(14)8-11(7-9)16-5-4-13(2,3)12(15)17-18/h6-8,16,18H,4-5H2,1-3H3,(H2,15,17). The molecule has 0 bridgehead atoms. The minimum atomic E-state index is -0.399. The Morgan fingerprint density at radius 1 is 1.44 bits per heavy atom. The zero-order chi connectivity index (χ0) is 13.8. The molecule has 0 saturated carbocycles. The van der Waals surface area contributed by atoms with Crippen LogP contribution in [-0.4, -0.2) is 17.6 Å². The molecule has 100 valence electrons. The second kappa shape index (κ2) is 5.71. The zero-order valence-corrected chi connectivity index (χ0v) is 11.0. The van der Waals surface area contributed by atoms with Gasteiger partial charge in [0.2, 0.25) is 0 Å². The van der Waals surface area contributed by atoms with Gasteiger partial charge in [-0.3, -0.25) is 0 Å². The van der Waals surface area contributed by atoms with Crippen molar-refractivity contribution in [2.45, 2.75) is 27.2 Å². The van der Waals surface area contributed by atoms with E-state index in [-0.39, 0.29) is 11.7 Å². The van der Waals surface area contributed by atoms with Gasteiger partial charge in [0.25, 0.3) is 0 Å². The summed E-state index contributed by atoms with van der Waals surface area (Å²) >= 11 is 0. The SMILES string of the molecule is Cc1cc(F)cc(NCCC(C)(C)C(N)=NO)c1. The van der Waals surface area contributed by atoms with Gasteiger partial charge in [0, 0.05) is 17.6 Å². The largest absolute Gasteiger partial charge is 0.409 e. The van der Waals surface area contributed by atoms with Crippen molar-refractivity contribution in [3.8, 4) is 0 Å². The Labute approximate surface area is 107 Å². The number of oxime groups is 1. The van der Waals surface area contributed by atoms with Crippen LogP contribution in [0.25, 0.3) is 0 Å². The summed E-state index contributed by atoms with van der Waals surface area (Å²) in [4.78, 5) is 0. The zero-order valence-electron chi connectivity index (χ0n) is 11.0. The molecule has 1 rings (SSSR count). The predicted molar refractivity (Wildman–Crippen MR) is 71.4 cm³/mol. The maximum atomic E-state index is 13.2. The van der Waals surface area contributed by atoms with Crippen LogP contribution < -0.4 is 11.1 Å². The summed E-state index contributed by atoms with van der Waals surface area (Å²) in [5, 5.41) is 14.8. The van der Waals surface area contributed by atoms with Crippen molar-refractivity contribution in [3.63, 3.8) is 0 Å². The highest BCUT2D eigenvalue weighted by molar-refractivity contribution is 5.85. The van der Waals surface area contributed by atoms with Crippen LogP contribution in [-0.2, 0) is 0 Å². The van der Waals surface area contributed by atoms with Gasteiger partial charge in [0.05, 0.1) is 0 Å². The van der Waals surface area contributed by atoms with Crippen molar-refractivity contribution < 1.29 is 9.60 Å². The lowest BCUT2D eigenvalue weighted by atomic mass is 9.88. The van der Waals surface area contributed by atoms with Crippen molar-refractivity contribution in [1.29, 1.82) is 0 Å². The van der Waals surface area contributed by atoms with Gasteiger partial charge in [0.1, 0.15) is 11.7 Å². The molecule has 0 aliphatic heterocycles. The predicted octanol–water partition coefficient (Wildman–Crippen LogP) is 2.71. The Bertz CT molecular complexity index is 424. The van der Waals surface area contributed by atoms with E-state index >= 15 is 0 Å². The first-order chi connectivity index (χ1) is 8.35. The fourth-order valence-electron chi connectivity index (χ4n) is 1.62. The number of nitrogens with one attached hydrogen (secondary N) is 1. The molecule has 18 heavy (non-hydrogen) atoms. The van der Waals surface area contributed by atoms with Crippen LogP contribution in [0.1, 0.15) is 25.8 Å². The lowest BCUT2D eigenvalue weighted by Crippen LogP contribution is -2.33. The Kier molecular flexibility index (Phi) is 4.53. The van der Waals surface area contributed by atoms with Crippen LogP contribution in [0.15, 0.2) is 23.4 Å². The highest BCUT2D eigenvalue weighted by atomic mass is 19.1. The number of rotatable bonds is 5. The summed E-state index contributed by atoms with van der Waals surface area (Å²) in [6.07, 6.45) is 0.679. The van der Waals surface area contributed by atoms with Crippen molar-refractivity contribution in [2.24, 2.45) is 16.3 Å². The van der Waals surface area contributed by atoms with Crippen molar-refractivity contribution in [3.05, 3.63) is 29.6 Å². The maximum Gasteiger partial charge on any atom is 0.144 e. The molecule has 0 aliphatic rings. The van der Waals surface area contributed by atoms with E-state index in [4.69, 9.17) is 10.9 Å². The number of aryl methyl sites for hydroxylation is 1. The molecule has 0 radical (unpaired) electrons. The average molecular weight is 253 g/mol. The van der Waals surface area contributed by atoms with Gasteiger partial charge < -0.3 is 16.3 Å². The van der Waals surface area contributed by atoms with Crippen LogP contribution in [0.2, 0.25) is 0 Å². The van der Waals surface area contributed by atoms with Crippen LogP contribution in [0.5, 0.6) is 0 Å². The number of anilines is 1. The van der Waals surface area contributed by atoms with Gasteiger partial charge in [-0.15, -0.1) is 0 Å². The number of nitrogens with zero attached hydrogens (tertiary/aromatic N) is 1. The van der Waals surface area contributed by atoms with Gasteiger partial charge in [-0.25, -0.2) is 4.39 Å². The lowest BCUT2D eigenvalue weighted by Gasteiger charge is -2.23. The van der Waals surface area contributed by atoms with E-state index in [1.54, 1.807) is 0 Å². The normalized spacial score (nSPS) is 12.6. The van der Waals surface area contributed by atoms with E-state index in [0.29, 0.717) is 13.0 Å². The molecule has 5 heteroatoms. The third kappa shape index (κ3) is 3.91. The third-order valence-corrected chi connectivity index (χ3v) is 2.92. The molecule has 0 atom stereocenters. The summed E-state index contributed by atoms with van der Waals surface area (Å²) in [6, 6.07) is 4.80. The fourth-order valence-corrected chi connectivity index (χ4v) is 1.62. The summed E-state index contributed by atoms with van der Waals surface area (Å²) < 4.78 is 13.2. The molecule has 0 aromatic heterocycles. The first-order valence-corrected chi connectivity index (χ1v) is 5.84. The Balaban J connectivity index is 2.56. The van der Waals surface area contributed by atoms with Gasteiger partial charge in [-0.2, -0.15) is 0 Å².